The molecule has 0 bridgehead atoms. The molecule has 3 rings (SSSR count). The van der Waals surface area contributed by atoms with Crippen molar-refractivity contribution in [3.05, 3.63) is 72.8 Å². The van der Waals surface area contributed by atoms with Crippen molar-refractivity contribution in [3.63, 3.8) is 0 Å². The highest BCUT2D eigenvalue weighted by molar-refractivity contribution is 5.91. The highest BCUT2D eigenvalue weighted by atomic mass is 16.5. The van der Waals surface area contributed by atoms with Crippen LogP contribution in [0.2, 0.25) is 0 Å². The van der Waals surface area contributed by atoms with Gasteiger partial charge in [0.25, 0.3) is 0 Å². The Hall–Kier alpha value is -3.61. The molecule has 7 nitrogen and oxygen atoms in total. The van der Waals surface area contributed by atoms with E-state index in [-0.39, 0.29) is 5.96 Å². The van der Waals surface area contributed by atoms with E-state index >= 15 is 0 Å². The lowest BCUT2D eigenvalue weighted by Crippen LogP contribution is -2.21. The van der Waals surface area contributed by atoms with E-state index < -0.39 is 5.97 Å². The van der Waals surface area contributed by atoms with E-state index in [1.54, 1.807) is 48.9 Å². The fourth-order valence-electron chi connectivity index (χ4n) is 2.09. The summed E-state index contributed by atoms with van der Waals surface area (Å²) in [5, 5.41) is 0. The number of imidazole rings is 1. The van der Waals surface area contributed by atoms with Gasteiger partial charge in [-0.2, -0.15) is 0 Å². The van der Waals surface area contributed by atoms with Gasteiger partial charge in [-0.15, -0.1) is 0 Å². The largest absolute Gasteiger partial charge is 0.423 e. The average Bonchev–Trinajstić information content (AvgIpc) is 3.10. The van der Waals surface area contributed by atoms with Crippen LogP contribution >= 0.6 is 0 Å². The molecule has 0 aliphatic rings. The minimum atomic E-state index is -0.457. The van der Waals surface area contributed by atoms with Crippen LogP contribution in [0.4, 0.5) is 5.69 Å². The average molecular weight is 321 g/mol. The number of benzene rings is 2. The Morgan fingerprint density at radius 3 is 2.33 bits per heavy atom. The number of esters is 1. The van der Waals surface area contributed by atoms with Crippen molar-refractivity contribution in [1.29, 1.82) is 0 Å². The van der Waals surface area contributed by atoms with Gasteiger partial charge >= 0.3 is 5.97 Å². The van der Waals surface area contributed by atoms with E-state index in [9.17, 15) is 4.79 Å². The number of aliphatic imine (C=N–C) groups is 1. The highest BCUT2D eigenvalue weighted by Crippen LogP contribution is 2.18. The Morgan fingerprint density at radius 2 is 1.75 bits per heavy atom. The SMILES string of the molecule is NC(N)=Nc1ccc(C(=O)Oc2ccc(-n3ccnc3)cc2)cc1. The van der Waals surface area contributed by atoms with E-state index in [0.29, 0.717) is 17.0 Å². The molecule has 0 saturated carbocycles. The highest BCUT2D eigenvalue weighted by Gasteiger charge is 2.08. The van der Waals surface area contributed by atoms with Gasteiger partial charge in [0, 0.05) is 18.1 Å². The second-order valence-corrected chi connectivity index (χ2v) is 4.94. The van der Waals surface area contributed by atoms with Crippen LogP contribution in [-0.2, 0) is 0 Å². The van der Waals surface area contributed by atoms with Crippen molar-refractivity contribution in [3.8, 4) is 11.4 Å². The second kappa shape index (κ2) is 6.66. The van der Waals surface area contributed by atoms with Crippen LogP contribution in [-0.4, -0.2) is 21.5 Å². The third-order valence-electron chi connectivity index (χ3n) is 3.21. The summed E-state index contributed by atoms with van der Waals surface area (Å²) < 4.78 is 7.20. The molecular weight excluding hydrogens is 306 g/mol. The number of carbonyl (C=O) groups excluding carboxylic acids is 1. The van der Waals surface area contributed by atoms with E-state index in [0.717, 1.165) is 5.69 Å². The van der Waals surface area contributed by atoms with Gasteiger partial charge < -0.3 is 20.8 Å². The molecule has 1 heterocycles. The maximum absolute atomic E-state index is 12.1. The van der Waals surface area contributed by atoms with E-state index in [2.05, 4.69) is 9.98 Å². The van der Waals surface area contributed by atoms with Crippen molar-refractivity contribution in [2.75, 3.05) is 0 Å². The lowest BCUT2D eigenvalue weighted by molar-refractivity contribution is 0.0735. The first kappa shape index (κ1) is 15.3. The Labute approximate surface area is 138 Å². The van der Waals surface area contributed by atoms with Crippen LogP contribution < -0.4 is 16.2 Å². The first-order valence-corrected chi connectivity index (χ1v) is 7.12. The van der Waals surface area contributed by atoms with Gasteiger partial charge in [0.05, 0.1) is 17.6 Å². The summed E-state index contributed by atoms with van der Waals surface area (Å²) in [7, 11) is 0. The van der Waals surface area contributed by atoms with Gasteiger partial charge in [-0.3, -0.25) is 0 Å². The number of nitrogens with two attached hydrogens (primary N) is 2. The zero-order valence-corrected chi connectivity index (χ0v) is 12.7. The van der Waals surface area contributed by atoms with Gasteiger partial charge in [0.15, 0.2) is 5.96 Å². The lowest BCUT2D eigenvalue weighted by Gasteiger charge is -2.06. The third kappa shape index (κ3) is 3.58. The molecule has 0 aliphatic heterocycles. The molecule has 0 atom stereocenters. The number of nitrogens with zero attached hydrogens (tertiary/aromatic N) is 3. The zero-order chi connectivity index (χ0) is 16.9. The van der Waals surface area contributed by atoms with E-state index in [1.165, 1.54) is 0 Å². The quantitative estimate of drug-likeness (QED) is 0.331. The molecule has 0 unspecified atom stereocenters. The molecule has 24 heavy (non-hydrogen) atoms. The van der Waals surface area contributed by atoms with Crippen LogP contribution in [0, 0.1) is 0 Å². The van der Waals surface area contributed by atoms with E-state index in [1.807, 2.05) is 22.9 Å². The van der Waals surface area contributed by atoms with Crippen LogP contribution in [0.15, 0.2) is 72.2 Å². The molecule has 0 saturated heterocycles. The van der Waals surface area contributed by atoms with Gasteiger partial charge in [0.1, 0.15) is 5.75 Å². The summed E-state index contributed by atoms with van der Waals surface area (Å²) in [4.78, 5) is 20.0. The van der Waals surface area contributed by atoms with Gasteiger partial charge in [-0.25, -0.2) is 14.8 Å². The van der Waals surface area contributed by atoms with Crippen LogP contribution in [0.25, 0.3) is 5.69 Å². The summed E-state index contributed by atoms with van der Waals surface area (Å²) >= 11 is 0. The van der Waals surface area contributed by atoms with Gasteiger partial charge in [0.2, 0.25) is 0 Å². The molecule has 1 aromatic heterocycles. The van der Waals surface area contributed by atoms with Crippen molar-refractivity contribution >= 4 is 17.6 Å². The molecule has 0 spiro atoms. The summed E-state index contributed by atoms with van der Waals surface area (Å²) in [5.74, 6) is -0.0397. The molecule has 4 N–H and O–H groups in total. The molecule has 0 amide bonds. The number of carbonyl (C=O) groups is 1. The summed E-state index contributed by atoms with van der Waals surface area (Å²) in [5.41, 5.74) is 12.5. The molecule has 7 heteroatoms. The molecule has 120 valence electrons. The predicted molar refractivity (Wildman–Crippen MR) is 90.4 cm³/mol. The lowest BCUT2D eigenvalue weighted by atomic mass is 10.2. The zero-order valence-electron chi connectivity index (χ0n) is 12.7. The first-order valence-electron chi connectivity index (χ1n) is 7.12. The predicted octanol–water partition coefficient (Wildman–Crippen LogP) is 2.00. The fourth-order valence-corrected chi connectivity index (χ4v) is 2.09. The summed E-state index contributed by atoms with van der Waals surface area (Å²) in [6.45, 7) is 0. The normalized spacial score (nSPS) is 10.2. The van der Waals surface area contributed by atoms with Crippen molar-refractivity contribution in [2.45, 2.75) is 0 Å². The number of hydrogen-bond acceptors (Lipinski definition) is 4. The van der Waals surface area contributed by atoms with E-state index in [4.69, 9.17) is 16.2 Å². The Balaban J connectivity index is 1.69. The van der Waals surface area contributed by atoms with Crippen LogP contribution in [0.1, 0.15) is 10.4 Å². The Kier molecular flexibility index (Phi) is 4.24. The maximum atomic E-state index is 12.1. The molecular formula is C17H15N5O2. The van der Waals surface area contributed by atoms with Crippen molar-refractivity contribution in [1.82, 2.24) is 9.55 Å². The van der Waals surface area contributed by atoms with Gasteiger partial charge in [-0.05, 0) is 48.5 Å². The number of ether oxygens (including phenoxy) is 1. The molecule has 2 aromatic carbocycles. The fraction of sp³-hybridized carbons (Fsp3) is 0. The minimum absolute atomic E-state index is 0.0386. The van der Waals surface area contributed by atoms with Gasteiger partial charge in [-0.1, -0.05) is 0 Å². The Bertz CT molecular complexity index is 849. The maximum Gasteiger partial charge on any atom is 0.343 e. The second-order valence-electron chi connectivity index (χ2n) is 4.94. The van der Waals surface area contributed by atoms with Crippen LogP contribution in [0.3, 0.4) is 0 Å². The standard InChI is InChI=1S/C17H15N5O2/c18-17(19)21-13-3-1-12(2-4-13)16(23)24-15-7-5-14(6-8-15)22-10-9-20-11-22/h1-11H,(H4,18,19,21). The van der Waals surface area contributed by atoms with Crippen molar-refractivity contribution in [2.24, 2.45) is 16.5 Å². The first-order chi connectivity index (χ1) is 11.6. The van der Waals surface area contributed by atoms with Crippen molar-refractivity contribution < 1.29 is 9.53 Å². The Morgan fingerprint density at radius 1 is 1.04 bits per heavy atom. The third-order valence-corrected chi connectivity index (χ3v) is 3.21. The molecule has 0 radical (unpaired) electrons. The monoisotopic (exact) mass is 321 g/mol. The number of aromatic nitrogens is 2. The smallest absolute Gasteiger partial charge is 0.343 e. The molecule has 3 aromatic rings. The molecule has 0 fully saturated rings. The summed E-state index contributed by atoms with van der Waals surface area (Å²) in [6, 6.07) is 13.6. The van der Waals surface area contributed by atoms with Crippen LogP contribution in [0.5, 0.6) is 5.75 Å². The number of rotatable bonds is 4. The topological polar surface area (TPSA) is 109 Å². The summed E-state index contributed by atoms with van der Waals surface area (Å²) in [6.07, 6.45) is 5.22. The number of hydrogen-bond donors (Lipinski definition) is 2. The minimum Gasteiger partial charge on any atom is -0.423 e. The molecule has 0 aliphatic carbocycles. The number of guanidine groups is 1.